The maximum absolute atomic E-state index is 5.50. The normalized spacial score (nSPS) is 25.4. The molecular weight excluding hydrogens is 234 g/mol. The largest absolute Gasteiger partial charge is 0.381 e. The second kappa shape index (κ2) is 6.53. The maximum Gasteiger partial charge on any atom is 0.0471 e. The molecule has 3 rings (SSSR count). The third kappa shape index (κ3) is 3.37. The van der Waals surface area contributed by atoms with E-state index in [0.717, 1.165) is 25.0 Å². The molecule has 0 bridgehead atoms. The van der Waals surface area contributed by atoms with E-state index < -0.39 is 0 Å². The van der Waals surface area contributed by atoms with Crippen molar-refractivity contribution in [2.45, 2.75) is 38.0 Å². The molecule has 104 valence electrons. The Hall–Kier alpha value is -0.860. The van der Waals surface area contributed by atoms with Crippen molar-refractivity contribution >= 4 is 0 Å². The Morgan fingerprint density at radius 1 is 1.11 bits per heavy atom. The summed E-state index contributed by atoms with van der Waals surface area (Å²) < 4.78 is 5.50. The fourth-order valence-electron chi connectivity index (χ4n) is 3.54. The number of rotatable bonds is 3. The third-order valence-corrected chi connectivity index (χ3v) is 4.62. The van der Waals surface area contributed by atoms with Gasteiger partial charge in [0, 0.05) is 13.2 Å². The molecule has 0 aliphatic carbocycles. The maximum atomic E-state index is 5.50. The quantitative estimate of drug-likeness (QED) is 0.900. The minimum atomic E-state index is 0.724. The van der Waals surface area contributed by atoms with Gasteiger partial charge in [-0.1, -0.05) is 24.3 Å². The van der Waals surface area contributed by atoms with E-state index in [1.807, 2.05) is 0 Å². The summed E-state index contributed by atoms with van der Waals surface area (Å²) in [5.74, 6) is 1.55. The zero-order valence-corrected chi connectivity index (χ0v) is 11.7. The topological polar surface area (TPSA) is 21.3 Å². The number of hydrogen-bond acceptors (Lipinski definition) is 2. The lowest BCUT2D eigenvalue weighted by Crippen LogP contribution is -2.31. The zero-order valence-electron chi connectivity index (χ0n) is 11.7. The van der Waals surface area contributed by atoms with Crippen molar-refractivity contribution in [3.8, 4) is 0 Å². The number of hydrogen-bond donors (Lipinski definition) is 1. The van der Waals surface area contributed by atoms with Gasteiger partial charge in [-0.15, -0.1) is 0 Å². The minimum Gasteiger partial charge on any atom is -0.381 e. The van der Waals surface area contributed by atoms with Gasteiger partial charge in [-0.2, -0.15) is 0 Å². The SMILES string of the molecule is c1ccc(C2CCOCC2)c(CC2CCCNC2)c1. The first-order valence-corrected chi connectivity index (χ1v) is 7.80. The second-order valence-corrected chi connectivity index (χ2v) is 6.00. The van der Waals surface area contributed by atoms with Crippen molar-refractivity contribution in [2.24, 2.45) is 5.92 Å². The van der Waals surface area contributed by atoms with E-state index in [2.05, 4.69) is 29.6 Å². The van der Waals surface area contributed by atoms with Crippen LogP contribution in [0.15, 0.2) is 24.3 Å². The smallest absolute Gasteiger partial charge is 0.0471 e. The lowest BCUT2D eigenvalue weighted by molar-refractivity contribution is 0.0851. The standard InChI is InChI=1S/C17H25NO/c1-2-6-17(15-7-10-19-11-8-15)16(5-1)12-14-4-3-9-18-13-14/h1-2,5-6,14-15,18H,3-4,7-13H2. The average Bonchev–Trinajstić information content (AvgIpc) is 2.50. The van der Waals surface area contributed by atoms with E-state index >= 15 is 0 Å². The van der Waals surface area contributed by atoms with Crippen molar-refractivity contribution in [3.63, 3.8) is 0 Å². The molecule has 19 heavy (non-hydrogen) atoms. The fraction of sp³-hybridized carbons (Fsp3) is 0.647. The number of nitrogens with one attached hydrogen (secondary N) is 1. The summed E-state index contributed by atoms with van der Waals surface area (Å²) in [5.41, 5.74) is 3.18. The first-order chi connectivity index (χ1) is 9.43. The predicted octanol–water partition coefficient (Wildman–Crippen LogP) is 3.12. The molecule has 0 amide bonds. The monoisotopic (exact) mass is 259 g/mol. The highest BCUT2D eigenvalue weighted by atomic mass is 16.5. The average molecular weight is 259 g/mol. The van der Waals surface area contributed by atoms with Gasteiger partial charge in [-0.05, 0) is 68.2 Å². The van der Waals surface area contributed by atoms with E-state index in [9.17, 15) is 0 Å². The number of ether oxygens (including phenoxy) is 1. The van der Waals surface area contributed by atoms with Crippen molar-refractivity contribution in [3.05, 3.63) is 35.4 Å². The zero-order chi connectivity index (χ0) is 12.9. The van der Waals surface area contributed by atoms with Crippen LogP contribution < -0.4 is 5.32 Å². The van der Waals surface area contributed by atoms with Crippen LogP contribution >= 0.6 is 0 Å². The van der Waals surface area contributed by atoms with Crippen LogP contribution in [0.25, 0.3) is 0 Å². The van der Waals surface area contributed by atoms with Gasteiger partial charge in [0.05, 0.1) is 0 Å². The molecule has 1 aromatic carbocycles. The molecule has 0 radical (unpaired) electrons. The van der Waals surface area contributed by atoms with Gasteiger partial charge in [0.2, 0.25) is 0 Å². The van der Waals surface area contributed by atoms with Crippen LogP contribution in [0.2, 0.25) is 0 Å². The highest BCUT2D eigenvalue weighted by Gasteiger charge is 2.20. The molecule has 1 N–H and O–H groups in total. The Labute approximate surface area is 116 Å². The Morgan fingerprint density at radius 2 is 1.95 bits per heavy atom. The molecule has 0 spiro atoms. The molecule has 2 nitrogen and oxygen atoms in total. The van der Waals surface area contributed by atoms with Crippen molar-refractivity contribution in [2.75, 3.05) is 26.3 Å². The lowest BCUT2D eigenvalue weighted by Gasteiger charge is -2.27. The van der Waals surface area contributed by atoms with Crippen LogP contribution in [0.3, 0.4) is 0 Å². The molecule has 1 aromatic rings. The van der Waals surface area contributed by atoms with Crippen LogP contribution in [0, 0.1) is 5.92 Å². The van der Waals surface area contributed by atoms with Crippen LogP contribution in [0.1, 0.15) is 42.7 Å². The van der Waals surface area contributed by atoms with Gasteiger partial charge < -0.3 is 10.1 Å². The molecule has 2 aliphatic rings. The van der Waals surface area contributed by atoms with Gasteiger partial charge in [-0.3, -0.25) is 0 Å². The summed E-state index contributed by atoms with van der Waals surface area (Å²) in [6.07, 6.45) is 6.36. The Balaban J connectivity index is 1.72. The Bertz CT molecular complexity index is 392. The van der Waals surface area contributed by atoms with Crippen LogP contribution in [-0.2, 0) is 11.2 Å². The minimum absolute atomic E-state index is 0.724. The van der Waals surface area contributed by atoms with Crippen molar-refractivity contribution < 1.29 is 4.74 Å². The molecule has 1 unspecified atom stereocenters. The van der Waals surface area contributed by atoms with Gasteiger partial charge in [0.1, 0.15) is 0 Å². The molecule has 2 saturated heterocycles. The van der Waals surface area contributed by atoms with E-state index in [4.69, 9.17) is 4.74 Å². The summed E-state index contributed by atoms with van der Waals surface area (Å²) in [6, 6.07) is 9.10. The van der Waals surface area contributed by atoms with Gasteiger partial charge in [0.15, 0.2) is 0 Å². The molecule has 2 aliphatic heterocycles. The van der Waals surface area contributed by atoms with Crippen LogP contribution in [0.4, 0.5) is 0 Å². The second-order valence-electron chi connectivity index (χ2n) is 6.00. The predicted molar refractivity (Wildman–Crippen MR) is 78.5 cm³/mol. The first-order valence-electron chi connectivity index (χ1n) is 7.80. The van der Waals surface area contributed by atoms with E-state index in [0.29, 0.717) is 0 Å². The lowest BCUT2D eigenvalue weighted by atomic mass is 9.83. The Morgan fingerprint density at radius 3 is 2.74 bits per heavy atom. The fourth-order valence-corrected chi connectivity index (χ4v) is 3.54. The highest BCUT2D eigenvalue weighted by Crippen LogP contribution is 2.31. The third-order valence-electron chi connectivity index (χ3n) is 4.62. The number of piperidine rings is 1. The summed E-state index contributed by atoms with van der Waals surface area (Å²) in [7, 11) is 0. The van der Waals surface area contributed by atoms with Gasteiger partial charge in [0.25, 0.3) is 0 Å². The molecule has 0 aromatic heterocycles. The van der Waals surface area contributed by atoms with E-state index in [-0.39, 0.29) is 0 Å². The van der Waals surface area contributed by atoms with E-state index in [1.54, 1.807) is 11.1 Å². The summed E-state index contributed by atoms with van der Waals surface area (Å²) in [5, 5.41) is 3.53. The van der Waals surface area contributed by atoms with Crippen molar-refractivity contribution in [1.82, 2.24) is 5.32 Å². The number of benzene rings is 1. The van der Waals surface area contributed by atoms with Gasteiger partial charge in [-0.25, -0.2) is 0 Å². The summed E-state index contributed by atoms with van der Waals surface area (Å²) in [6.45, 7) is 4.27. The molecule has 2 fully saturated rings. The van der Waals surface area contributed by atoms with Crippen molar-refractivity contribution in [1.29, 1.82) is 0 Å². The first kappa shape index (κ1) is 13.1. The molecule has 2 heteroatoms. The molecular formula is C17H25NO. The summed E-state index contributed by atoms with van der Waals surface area (Å²) in [4.78, 5) is 0. The van der Waals surface area contributed by atoms with E-state index in [1.165, 1.54) is 45.2 Å². The molecule has 2 heterocycles. The Kier molecular flexibility index (Phi) is 4.52. The molecule has 0 saturated carbocycles. The molecule has 1 atom stereocenters. The highest BCUT2D eigenvalue weighted by molar-refractivity contribution is 5.31. The van der Waals surface area contributed by atoms with Gasteiger partial charge >= 0.3 is 0 Å². The van der Waals surface area contributed by atoms with Crippen LogP contribution in [-0.4, -0.2) is 26.3 Å². The summed E-state index contributed by atoms with van der Waals surface area (Å²) >= 11 is 0. The van der Waals surface area contributed by atoms with Crippen LogP contribution in [0.5, 0.6) is 0 Å².